The summed E-state index contributed by atoms with van der Waals surface area (Å²) >= 11 is 0. The number of hydrogen-bond donors (Lipinski definition) is 0. The molecule has 0 N–H and O–H groups in total. The van der Waals surface area contributed by atoms with Crippen LogP contribution >= 0.6 is 0 Å². The molecule has 0 bridgehead atoms. The highest BCUT2D eigenvalue weighted by molar-refractivity contribution is 5.61. The van der Waals surface area contributed by atoms with Gasteiger partial charge in [0, 0.05) is 38.6 Å². The maximum Gasteiger partial charge on any atom is 0.250 e. The average molecular weight is 216 g/mol. The van der Waals surface area contributed by atoms with Crippen molar-refractivity contribution in [1.82, 2.24) is 9.13 Å². The van der Waals surface area contributed by atoms with Crippen molar-refractivity contribution in [3.05, 3.63) is 57.4 Å². The summed E-state index contributed by atoms with van der Waals surface area (Å²) in [6.45, 7) is 0. The number of aryl methyl sites for hydroxylation is 2. The average Bonchev–Trinajstić information content (AvgIpc) is 2.26. The van der Waals surface area contributed by atoms with Gasteiger partial charge in [0.05, 0.1) is 0 Å². The molecule has 0 fully saturated rings. The van der Waals surface area contributed by atoms with Crippen molar-refractivity contribution in [3.8, 4) is 11.1 Å². The zero-order valence-corrected chi connectivity index (χ0v) is 9.18. The molecule has 16 heavy (non-hydrogen) atoms. The van der Waals surface area contributed by atoms with Gasteiger partial charge in [-0.15, -0.1) is 0 Å². The summed E-state index contributed by atoms with van der Waals surface area (Å²) in [5, 5.41) is 0. The summed E-state index contributed by atoms with van der Waals surface area (Å²) in [6, 6.07) is 6.62. The van der Waals surface area contributed by atoms with Gasteiger partial charge in [0.1, 0.15) is 0 Å². The second-order valence-electron chi connectivity index (χ2n) is 3.73. The summed E-state index contributed by atoms with van der Waals surface area (Å²) < 4.78 is 3.00. The van der Waals surface area contributed by atoms with Crippen molar-refractivity contribution in [2.24, 2.45) is 14.1 Å². The summed E-state index contributed by atoms with van der Waals surface area (Å²) in [5.74, 6) is 0. The molecule has 0 amide bonds. The molecule has 0 radical (unpaired) electrons. The van der Waals surface area contributed by atoms with E-state index in [9.17, 15) is 9.59 Å². The third-order valence-corrected chi connectivity index (χ3v) is 2.52. The molecule has 0 aliphatic carbocycles. The van der Waals surface area contributed by atoms with Crippen LogP contribution in [0.1, 0.15) is 0 Å². The van der Waals surface area contributed by atoms with Crippen molar-refractivity contribution in [2.45, 2.75) is 0 Å². The molecule has 0 saturated carbocycles. The van der Waals surface area contributed by atoms with E-state index >= 15 is 0 Å². The SMILES string of the molecule is Cn1ccc(-c2ccc(=O)n(C)c2)cc1=O. The van der Waals surface area contributed by atoms with Crippen LogP contribution in [0.2, 0.25) is 0 Å². The Morgan fingerprint density at radius 1 is 0.875 bits per heavy atom. The van der Waals surface area contributed by atoms with Crippen LogP contribution in [0.15, 0.2) is 46.2 Å². The first-order chi connectivity index (χ1) is 7.58. The van der Waals surface area contributed by atoms with E-state index < -0.39 is 0 Å². The molecule has 0 aliphatic heterocycles. The number of aromatic nitrogens is 2. The molecule has 4 heteroatoms. The second kappa shape index (κ2) is 3.81. The first kappa shape index (κ1) is 10.4. The summed E-state index contributed by atoms with van der Waals surface area (Å²) in [7, 11) is 3.39. The lowest BCUT2D eigenvalue weighted by molar-refractivity contribution is 0.855. The monoisotopic (exact) mass is 216 g/mol. The number of pyridine rings is 2. The van der Waals surface area contributed by atoms with Crippen LogP contribution in [-0.2, 0) is 14.1 Å². The highest BCUT2D eigenvalue weighted by Gasteiger charge is 2.00. The normalized spacial score (nSPS) is 10.4. The molecule has 2 aromatic heterocycles. The van der Waals surface area contributed by atoms with Crippen LogP contribution in [0.25, 0.3) is 11.1 Å². The molecule has 0 saturated heterocycles. The number of hydrogen-bond acceptors (Lipinski definition) is 2. The topological polar surface area (TPSA) is 44.0 Å². The van der Waals surface area contributed by atoms with Crippen LogP contribution in [0.3, 0.4) is 0 Å². The fourth-order valence-electron chi connectivity index (χ4n) is 1.49. The fourth-order valence-corrected chi connectivity index (χ4v) is 1.49. The zero-order valence-electron chi connectivity index (χ0n) is 9.18. The molecule has 0 spiro atoms. The zero-order chi connectivity index (χ0) is 11.7. The largest absolute Gasteiger partial charge is 0.319 e. The predicted molar refractivity (Wildman–Crippen MR) is 62.4 cm³/mol. The van der Waals surface area contributed by atoms with Crippen LogP contribution in [0.5, 0.6) is 0 Å². The Bertz CT molecular complexity index is 638. The van der Waals surface area contributed by atoms with E-state index in [1.807, 2.05) is 6.07 Å². The molecule has 2 heterocycles. The molecular weight excluding hydrogens is 204 g/mol. The van der Waals surface area contributed by atoms with Gasteiger partial charge in [0.25, 0.3) is 5.56 Å². The van der Waals surface area contributed by atoms with Gasteiger partial charge in [0.2, 0.25) is 5.56 Å². The Morgan fingerprint density at radius 3 is 2.25 bits per heavy atom. The molecule has 4 nitrogen and oxygen atoms in total. The van der Waals surface area contributed by atoms with Crippen LogP contribution in [0.4, 0.5) is 0 Å². The maximum atomic E-state index is 11.5. The summed E-state index contributed by atoms with van der Waals surface area (Å²) in [6.07, 6.45) is 3.43. The van der Waals surface area contributed by atoms with Gasteiger partial charge in [-0.05, 0) is 23.3 Å². The van der Waals surface area contributed by atoms with Gasteiger partial charge in [0.15, 0.2) is 0 Å². The van der Waals surface area contributed by atoms with Gasteiger partial charge in [-0.25, -0.2) is 0 Å². The fraction of sp³-hybridized carbons (Fsp3) is 0.167. The Labute approximate surface area is 92.4 Å². The number of nitrogens with zero attached hydrogens (tertiary/aromatic N) is 2. The van der Waals surface area contributed by atoms with E-state index in [4.69, 9.17) is 0 Å². The van der Waals surface area contributed by atoms with Gasteiger partial charge < -0.3 is 9.13 Å². The Hall–Kier alpha value is -2.10. The maximum absolute atomic E-state index is 11.5. The minimum atomic E-state index is -0.0636. The van der Waals surface area contributed by atoms with E-state index in [1.165, 1.54) is 15.2 Å². The van der Waals surface area contributed by atoms with Gasteiger partial charge in [-0.1, -0.05) is 0 Å². The summed E-state index contributed by atoms with van der Waals surface area (Å²) in [4.78, 5) is 22.7. The first-order valence-electron chi connectivity index (χ1n) is 4.92. The van der Waals surface area contributed by atoms with Crippen molar-refractivity contribution >= 4 is 0 Å². The third-order valence-electron chi connectivity index (χ3n) is 2.52. The molecule has 2 aromatic rings. The first-order valence-corrected chi connectivity index (χ1v) is 4.92. The highest BCUT2D eigenvalue weighted by Crippen LogP contribution is 2.14. The summed E-state index contributed by atoms with van der Waals surface area (Å²) in [5.41, 5.74) is 1.55. The third kappa shape index (κ3) is 1.82. The molecule has 0 unspecified atom stereocenters. The second-order valence-corrected chi connectivity index (χ2v) is 3.73. The van der Waals surface area contributed by atoms with Crippen molar-refractivity contribution in [1.29, 1.82) is 0 Å². The highest BCUT2D eigenvalue weighted by atomic mass is 16.1. The molecule has 2 rings (SSSR count). The smallest absolute Gasteiger partial charge is 0.250 e. The van der Waals surface area contributed by atoms with Gasteiger partial charge >= 0.3 is 0 Å². The molecular formula is C12H12N2O2. The molecule has 0 atom stereocenters. The lowest BCUT2D eigenvalue weighted by atomic mass is 10.1. The van der Waals surface area contributed by atoms with E-state index in [0.29, 0.717) is 0 Å². The van der Waals surface area contributed by atoms with Crippen molar-refractivity contribution < 1.29 is 0 Å². The molecule has 82 valence electrons. The van der Waals surface area contributed by atoms with Gasteiger partial charge in [-0.2, -0.15) is 0 Å². The van der Waals surface area contributed by atoms with Crippen LogP contribution in [0, 0.1) is 0 Å². The minimum absolute atomic E-state index is 0.0624. The Morgan fingerprint density at radius 2 is 1.62 bits per heavy atom. The Balaban J connectivity index is 2.59. The van der Waals surface area contributed by atoms with Crippen molar-refractivity contribution in [2.75, 3.05) is 0 Å². The molecule has 0 aliphatic rings. The lowest BCUT2D eigenvalue weighted by Gasteiger charge is -2.04. The Kier molecular flexibility index (Phi) is 2.48. The lowest BCUT2D eigenvalue weighted by Crippen LogP contribution is -2.16. The van der Waals surface area contributed by atoms with Gasteiger partial charge in [-0.3, -0.25) is 9.59 Å². The molecule has 0 aromatic carbocycles. The van der Waals surface area contributed by atoms with Crippen LogP contribution < -0.4 is 11.1 Å². The minimum Gasteiger partial charge on any atom is -0.319 e. The quantitative estimate of drug-likeness (QED) is 0.706. The van der Waals surface area contributed by atoms with Crippen molar-refractivity contribution in [3.63, 3.8) is 0 Å². The van der Waals surface area contributed by atoms with E-state index in [-0.39, 0.29) is 11.1 Å². The standard InChI is InChI=1S/C12H12N2O2/c1-13-6-5-9(7-12(13)16)10-3-4-11(15)14(2)8-10/h3-8H,1-2H3. The van der Waals surface area contributed by atoms with E-state index in [1.54, 1.807) is 38.6 Å². The predicted octanol–water partition coefficient (Wildman–Crippen LogP) is 0.751. The number of rotatable bonds is 1. The van der Waals surface area contributed by atoms with E-state index in [2.05, 4.69) is 0 Å². The van der Waals surface area contributed by atoms with Crippen LogP contribution in [-0.4, -0.2) is 9.13 Å². The van der Waals surface area contributed by atoms with E-state index in [0.717, 1.165) is 11.1 Å².